The molecule has 2 aromatic heterocycles. The molecule has 0 aliphatic heterocycles. The quantitative estimate of drug-likeness (QED) is 0.683. The molecule has 9 heteroatoms. The number of hydrogen-bond acceptors (Lipinski definition) is 6. The van der Waals surface area contributed by atoms with Gasteiger partial charge < -0.3 is 14.5 Å². The first-order valence-corrected chi connectivity index (χ1v) is 8.58. The molecule has 0 aliphatic carbocycles. The van der Waals surface area contributed by atoms with Gasteiger partial charge in [-0.3, -0.25) is 9.78 Å². The average Bonchev–Trinajstić information content (AvgIpc) is 3.24. The zero-order valence-electron chi connectivity index (χ0n) is 15.6. The second-order valence-electron chi connectivity index (χ2n) is 5.18. The van der Waals surface area contributed by atoms with Crippen molar-refractivity contribution in [1.82, 2.24) is 20.5 Å². The van der Waals surface area contributed by atoms with Gasteiger partial charge in [-0.05, 0) is 30.3 Å². The second-order valence-corrected chi connectivity index (χ2v) is 5.18. The molecule has 0 aliphatic rings. The third-order valence-electron chi connectivity index (χ3n) is 3.41. The lowest BCUT2D eigenvalue weighted by Gasteiger charge is -2.07. The van der Waals surface area contributed by atoms with E-state index in [2.05, 4.69) is 20.5 Å². The summed E-state index contributed by atoms with van der Waals surface area (Å²) in [5, 5.41) is 9.37. The van der Waals surface area contributed by atoms with Crippen molar-refractivity contribution in [2.45, 2.75) is 26.9 Å². The SMILES string of the molecule is CC.CNC(=O)c1cccc(OCc2ccc(-c3nnc(C(F)F)o3)cn2)c1. The Bertz CT molecular complexity index is 898. The summed E-state index contributed by atoms with van der Waals surface area (Å²) in [7, 11) is 1.55. The van der Waals surface area contributed by atoms with E-state index in [4.69, 9.17) is 9.15 Å². The van der Waals surface area contributed by atoms with Crippen LogP contribution in [0.3, 0.4) is 0 Å². The number of nitrogens with zero attached hydrogens (tertiary/aromatic N) is 3. The van der Waals surface area contributed by atoms with Crippen LogP contribution in [0.5, 0.6) is 5.75 Å². The third kappa shape index (κ3) is 5.32. The van der Waals surface area contributed by atoms with Gasteiger partial charge in [0.25, 0.3) is 11.8 Å². The highest BCUT2D eigenvalue weighted by atomic mass is 19.3. The van der Waals surface area contributed by atoms with Gasteiger partial charge in [-0.2, -0.15) is 8.78 Å². The summed E-state index contributed by atoms with van der Waals surface area (Å²) in [6, 6.07) is 10.0. The Morgan fingerprint density at radius 2 is 2.00 bits per heavy atom. The van der Waals surface area contributed by atoms with E-state index >= 15 is 0 Å². The zero-order chi connectivity index (χ0) is 20.5. The lowest BCUT2D eigenvalue weighted by Crippen LogP contribution is -2.17. The first kappa shape index (κ1) is 20.9. The van der Waals surface area contributed by atoms with Gasteiger partial charge in [0.05, 0.1) is 11.3 Å². The van der Waals surface area contributed by atoms with Crippen molar-refractivity contribution >= 4 is 5.91 Å². The Morgan fingerprint density at radius 3 is 2.61 bits per heavy atom. The van der Waals surface area contributed by atoms with E-state index in [0.29, 0.717) is 22.6 Å². The van der Waals surface area contributed by atoms with Crippen molar-refractivity contribution in [3.05, 3.63) is 59.7 Å². The number of carbonyl (C=O) groups excluding carboxylic acids is 1. The van der Waals surface area contributed by atoms with Gasteiger partial charge in [0.1, 0.15) is 12.4 Å². The molecule has 0 fully saturated rings. The molecule has 0 unspecified atom stereocenters. The number of pyridine rings is 1. The number of amides is 1. The van der Waals surface area contributed by atoms with E-state index in [-0.39, 0.29) is 18.4 Å². The summed E-state index contributed by atoms with van der Waals surface area (Å²) in [5.74, 6) is -0.446. The Kier molecular flexibility index (Phi) is 7.55. The van der Waals surface area contributed by atoms with E-state index in [1.54, 1.807) is 43.4 Å². The molecule has 28 heavy (non-hydrogen) atoms. The monoisotopic (exact) mass is 390 g/mol. The van der Waals surface area contributed by atoms with Crippen LogP contribution in [0.2, 0.25) is 0 Å². The number of alkyl halides is 2. The van der Waals surface area contributed by atoms with E-state index in [9.17, 15) is 13.6 Å². The number of carbonyl (C=O) groups is 1. The normalized spacial score (nSPS) is 10.2. The fourth-order valence-corrected chi connectivity index (χ4v) is 2.10. The number of aromatic nitrogens is 3. The fourth-order valence-electron chi connectivity index (χ4n) is 2.10. The van der Waals surface area contributed by atoms with Gasteiger partial charge >= 0.3 is 6.43 Å². The fraction of sp³-hybridized carbons (Fsp3) is 0.263. The molecular formula is C19H20F2N4O3. The lowest BCUT2D eigenvalue weighted by atomic mass is 10.2. The van der Waals surface area contributed by atoms with E-state index < -0.39 is 12.3 Å². The standard InChI is InChI=1S/C17H14F2N4O3.C2H6/c1-20-15(24)10-3-2-4-13(7-10)25-9-12-6-5-11(8-21-12)16-22-23-17(26-16)14(18)19;1-2/h2-8,14H,9H2,1H3,(H,20,24);1-2H3. The Hall–Kier alpha value is -3.36. The third-order valence-corrected chi connectivity index (χ3v) is 3.41. The number of ether oxygens (including phenoxy) is 1. The molecule has 0 saturated carbocycles. The summed E-state index contributed by atoms with van der Waals surface area (Å²) in [6.45, 7) is 4.17. The van der Waals surface area contributed by atoms with E-state index in [1.165, 1.54) is 6.20 Å². The molecule has 1 aromatic carbocycles. The van der Waals surface area contributed by atoms with Gasteiger partial charge in [0.2, 0.25) is 5.89 Å². The molecule has 0 spiro atoms. The Labute approximate surface area is 160 Å². The molecule has 7 nitrogen and oxygen atoms in total. The summed E-state index contributed by atoms with van der Waals surface area (Å²) < 4.78 is 35.4. The molecule has 3 rings (SSSR count). The predicted octanol–water partition coefficient (Wildman–Crippen LogP) is 4.03. The van der Waals surface area contributed by atoms with Gasteiger partial charge in [-0.1, -0.05) is 19.9 Å². The number of nitrogens with one attached hydrogen (secondary N) is 1. The largest absolute Gasteiger partial charge is 0.487 e. The molecule has 0 bridgehead atoms. The van der Waals surface area contributed by atoms with Crippen molar-refractivity contribution < 1.29 is 22.7 Å². The van der Waals surface area contributed by atoms with Crippen molar-refractivity contribution in [2.24, 2.45) is 0 Å². The van der Waals surface area contributed by atoms with Gasteiger partial charge in [0.15, 0.2) is 0 Å². The zero-order valence-corrected chi connectivity index (χ0v) is 15.6. The lowest BCUT2D eigenvalue weighted by molar-refractivity contribution is 0.0962. The van der Waals surface area contributed by atoms with Crippen molar-refractivity contribution in [3.63, 3.8) is 0 Å². The second kappa shape index (κ2) is 10.1. The molecule has 0 radical (unpaired) electrons. The number of rotatable bonds is 6. The molecular weight excluding hydrogens is 370 g/mol. The maximum absolute atomic E-state index is 12.5. The predicted molar refractivity (Wildman–Crippen MR) is 98.0 cm³/mol. The van der Waals surface area contributed by atoms with Crippen LogP contribution in [0.4, 0.5) is 8.78 Å². The molecule has 1 amide bonds. The van der Waals surface area contributed by atoms with Crippen LogP contribution < -0.4 is 10.1 Å². The van der Waals surface area contributed by atoms with Crippen molar-refractivity contribution in [1.29, 1.82) is 0 Å². The molecule has 2 heterocycles. The molecule has 0 atom stereocenters. The molecule has 3 aromatic rings. The van der Waals surface area contributed by atoms with Crippen LogP contribution in [0.25, 0.3) is 11.5 Å². The summed E-state index contributed by atoms with van der Waals surface area (Å²) in [5.41, 5.74) is 1.52. The summed E-state index contributed by atoms with van der Waals surface area (Å²) in [6.07, 6.45) is -1.38. The van der Waals surface area contributed by atoms with Crippen LogP contribution in [0.1, 0.15) is 42.2 Å². The van der Waals surface area contributed by atoms with Crippen LogP contribution in [-0.4, -0.2) is 28.1 Å². The minimum absolute atomic E-state index is 0.0291. The summed E-state index contributed by atoms with van der Waals surface area (Å²) >= 11 is 0. The van der Waals surface area contributed by atoms with Gasteiger partial charge in [-0.25, -0.2) is 0 Å². The highest BCUT2D eigenvalue weighted by Crippen LogP contribution is 2.23. The summed E-state index contributed by atoms with van der Waals surface area (Å²) in [4.78, 5) is 15.8. The van der Waals surface area contributed by atoms with Crippen molar-refractivity contribution in [2.75, 3.05) is 7.05 Å². The molecule has 0 saturated heterocycles. The topological polar surface area (TPSA) is 90.1 Å². The minimum atomic E-state index is -2.82. The smallest absolute Gasteiger partial charge is 0.314 e. The van der Waals surface area contributed by atoms with E-state index in [0.717, 1.165) is 0 Å². The Balaban J connectivity index is 0.00000136. The number of benzene rings is 1. The van der Waals surface area contributed by atoms with E-state index in [1.807, 2.05) is 13.8 Å². The molecule has 1 N–H and O–H groups in total. The number of hydrogen-bond donors (Lipinski definition) is 1. The highest BCUT2D eigenvalue weighted by Gasteiger charge is 2.17. The highest BCUT2D eigenvalue weighted by molar-refractivity contribution is 5.94. The molecule has 148 valence electrons. The average molecular weight is 390 g/mol. The van der Waals surface area contributed by atoms with Crippen LogP contribution in [0.15, 0.2) is 47.0 Å². The Morgan fingerprint density at radius 1 is 1.21 bits per heavy atom. The van der Waals surface area contributed by atoms with Crippen LogP contribution >= 0.6 is 0 Å². The van der Waals surface area contributed by atoms with Crippen LogP contribution in [0, 0.1) is 0 Å². The maximum Gasteiger partial charge on any atom is 0.314 e. The van der Waals surface area contributed by atoms with Gasteiger partial charge in [0, 0.05) is 18.8 Å². The first-order chi connectivity index (χ1) is 13.6. The number of halogens is 2. The first-order valence-electron chi connectivity index (χ1n) is 8.58. The van der Waals surface area contributed by atoms with Gasteiger partial charge in [-0.15, -0.1) is 10.2 Å². The van der Waals surface area contributed by atoms with Crippen LogP contribution in [-0.2, 0) is 6.61 Å². The minimum Gasteiger partial charge on any atom is -0.487 e. The maximum atomic E-state index is 12.5. The van der Waals surface area contributed by atoms with Crippen molar-refractivity contribution in [3.8, 4) is 17.2 Å².